The maximum atomic E-state index is 4.98. The van der Waals surface area contributed by atoms with E-state index in [4.69, 9.17) is 9.47 Å². The van der Waals surface area contributed by atoms with Crippen molar-refractivity contribution in [2.24, 2.45) is 4.99 Å². The lowest BCUT2D eigenvalue weighted by Crippen LogP contribution is -2.07. The van der Waals surface area contributed by atoms with E-state index in [0.29, 0.717) is 12.6 Å². The van der Waals surface area contributed by atoms with Gasteiger partial charge in [0.15, 0.2) is 5.90 Å². The van der Waals surface area contributed by atoms with Crippen LogP contribution in [0.25, 0.3) is 0 Å². The van der Waals surface area contributed by atoms with Crippen LogP contribution < -0.4 is 0 Å². The molecule has 0 aliphatic carbocycles. The van der Waals surface area contributed by atoms with Gasteiger partial charge in [0.2, 0.25) is 0 Å². The molecule has 3 heteroatoms. The third-order valence-electron chi connectivity index (χ3n) is 1.61. The summed E-state index contributed by atoms with van der Waals surface area (Å²) in [5.41, 5.74) is 0. The molecule has 1 aliphatic heterocycles. The van der Waals surface area contributed by atoms with E-state index in [0.717, 1.165) is 18.7 Å². The Labute approximate surface area is 61.0 Å². The van der Waals surface area contributed by atoms with Crippen LogP contribution >= 0.6 is 0 Å². The predicted molar refractivity (Wildman–Crippen MR) is 39.3 cm³/mol. The van der Waals surface area contributed by atoms with Crippen LogP contribution in [-0.4, -0.2) is 32.8 Å². The van der Waals surface area contributed by atoms with E-state index < -0.39 is 0 Å². The topological polar surface area (TPSA) is 30.8 Å². The molecule has 0 aromatic carbocycles. The highest BCUT2D eigenvalue weighted by molar-refractivity contribution is 5.77. The van der Waals surface area contributed by atoms with Crippen LogP contribution in [0.15, 0.2) is 4.99 Å². The van der Waals surface area contributed by atoms with Crippen LogP contribution in [0.2, 0.25) is 0 Å². The van der Waals surface area contributed by atoms with Gasteiger partial charge in [0.1, 0.15) is 0 Å². The molecule has 0 saturated carbocycles. The molecule has 0 N–H and O–H groups in total. The number of aliphatic imine (C=N–C) groups is 1. The highest BCUT2D eigenvalue weighted by atomic mass is 16.5. The average molecular weight is 143 g/mol. The van der Waals surface area contributed by atoms with E-state index in [2.05, 4.69) is 4.99 Å². The van der Waals surface area contributed by atoms with E-state index in [1.165, 1.54) is 0 Å². The molecule has 1 heterocycles. The maximum Gasteiger partial charge on any atom is 0.183 e. The zero-order chi connectivity index (χ0) is 7.40. The van der Waals surface area contributed by atoms with Gasteiger partial charge in [-0.25, -0.2) is 4.99 Å². The number of methoxy groups -OCH3 is 2. The van der Waals surface area contributed by atoms with Gasteiger partial charge in [0.05, 0.1) is 19.8 Å². The Morgan fingerprint density at radius 1 is 1.60 bits per heavy atom. The van der Waals surface area contributed by atoms with Gasteiger partial charge in [0.25, 0.3) is 0 Å². The zero-order valence-electron chi connectivity index (χ0n) is 6.46. The molecule has 0 aromatic heterocycles. The molecule has 10 heavy (non-hydrogen) atoms. The Morgan fingerprint density at radius 2 is 2.40 bits per heavy atom. The second kappa shape index (κ2) is 3.56. The second-order valence-corrected chi connectivity index (χ2v) is 2.37. The normalized spacial score (nSPS) is 24.6. The number of ether oxygens (including phenoxy) is 2. The third kappa shape index (κ3) is 1.70. The standard InChI is InChI=1S/C7H13NO2/c1-9-5-6-3-4-7(8-6)10-2/h6H,3-5H2,1-2H3/t6-/m0/s1. The lowest BCUT2D eigenvalue weighted by molar-refractivity contribution is 0.181. The molecule has 0 spiro atoms. The van der Waals surface area contributed by atoms with Crippen molar-refractivity contribution in [3.8, 4) is 0 Å². The van der Waals surface area contributed by atoms with Crippen molar-refractivity contribution >= 4 is 5.90 Å². The van der Waals surface area contributed by atoms with Gasteiger partial charge in [-0.3, -0.25) is 0 Å². The van der Waals surface area contributed by atoms with Crippen molar-refractivity contribution in [1.82, 2.24) is 0 Å². The second-order valence-electron chi connectivity index (χ2n) is 2.37. The minimum atomic E-state index is 0.333. The van der Waals surface area contributed by atoms with E-state index in [1.54, 1.807) is 14.2 Å². The molecule has 3 nitrogen and oxygen atoms in total. The van der Waals surface area contributed by atoms with Gasteiger partial charge in [-0.2, -0.15) is 0 Å². The van der Waals surface area contributed by atoms with Crippen molar-refractivity contribution in [3.05, 3.63) is 0 Å². The van der Waals surface area contributed by atoms with E-state index in [9.17, 15) is 0 Å². The molecule has 0 unspecified atom stereocenters. The fourth-order valence-electron chi connectivity index (χ4n) is 1.09. The largest absolute Gasteiger partial charge is 0.484 e. The summed E-state index contributed by atoms with van der Waals surface area (Å²) in [5.74, 6) is 0.863. The van der Waals surface area contributed by atoms with Crippen LogP contribution in [0.1, 0.15) is 12.8 Å². The first kappa shape index (κ1) is 7.54. The molecule has 0 radical (unpaired) electrons. The summed E-state index contributed by atoms with van der Waals surface area (Å²) in [5, 5.41) is 0. The summed E-state index contributed by atoms with van der Waals surface area (Å²) in [6.45, 7) is 0.715. The van der Waals surface area contributed by atoms with Crippen LogP contribution in [-0.2, 0) is 9.47 Å². The average Bonchev–Trinajstić information content (AvgIpc) is 2.37. The van der Waals surface area contributed by atoms with Crippen LogP contribution in [0.5, 0.6) is 0 Å². The van der Waals surface area contributed by atoms with Crippen molar-refractivity contribution in [2.75, 3.05) is 20.8 Å². The SMILES string of the molecule is COC[C@@H]1CCC(OC)=N1. The zero-order valence-corrected chi connectivity index (χ0v) is 6.46. The number of rotatable bonds is 2. The quantitative estimate of drug-likeness (QED) is 0.573. The highest BCUT2D eigenvalue weighted by Gasteiger charge is 2.16. The summed E-state index contributed by atoms with van der Waals surface area (Å²) in [6, 6.07) is 0.333. The Bertz CT molecular complexity index is 134. The molecule has 0 aromatic rings. The Morgan fingerprint density at radius 3 is 2.90 bits per heavy atom. The van der Waals surface area contributed by atoms with Gasteiger partial charge < -0.3 is 9.47 Å². The van der Waals surface area contributed by atoms with Crippen molar-refractivity contribution in [3.63, 3.8) is 0 Å². The lowest BCUT2D eigenvalue weighted by atomic mass is 10.2. The first-order valence-corrected chi connectivity index (χ1v) is 3.46. The van der Waals surface area contributed by atoms with Crippen molar-refractivity contribution < 1.29 is 9.47 Å². The summed E-state index contributed by atoms with van der Waals surface area (Å²) in [6.07, 6.45) is 2.03. The van der Waals surface area contributed by atoms with E-state index in [-0.39, 0.29) is 0 Å². The number of hydrogen-bond donors (Lipinski definition) is 0. The summed E-state index contributed by atoms with van der Waals surface area (Å²) < 4.78 is 9.94. The highest BCUT2D eigenvalue weighted by Crippen LogP contribution is 2.13. The predicted octanol–water partition coefficient (Wildman–Crippen LogP) is 0.840. The van der Waals surface area contributed by atoms with Gasteiger partial charge in [-0.15, -0.1) is 0 Å². The van der Waals surface area contributed by atoms with Gasteiger partial charge in [0, 0.05) is 13.5 Å². The minimum absolute atomic E-state index is 0.333. The van der Waals surface area contributed by atoms with Crippen molar-refractivity contribution in [1.29, 1.82) is 0 Å². The van der Waals surface area contributed by atoms with Gasteiger partial charge in [-0.1, -0.05) is 0 Å². The molecule has 1 aliphatic rings. The molecule has 1 rings (SSSR count). The first-order chi connectivity index (χ1) is 4.86. The first-order valence-electron chi connectivity index (χ1n) is 3.46. The summed E-state index contributed by atoms with van der Waals surface area (Å²) in [7, 11) is 3.36. The Hall–Kier alpha value is -0.570. The molecular formula is C7H13NO2. The van der Waals surface area contributed by atoms with Crippen LogP contribution in [0.4, 0.5) is 0 Å². The Kier molecular flexibility index (Phi) is 2.68. The monoisotopic (exact) mass is 143 g/mol. The minimum Gasteiger partial charge on any atom is -0.484 e. The van der Waals surface area contributed by atoms with Crippen LogP contribution in [0, 0.1) is 0 Å². The maximum absolute atomic E-state index is 4.98. The molecule has 0 amide bonds. The molecule has 58 valence electrons. The summed E-state index contributed by atoms with van der Waals surface area (Å²) >= 11 is 0. The molecular weight excluding hydrogens is 130 g/mol. The summed E-state index contributed by atoms with van der Waals surface area (Å²) in [4.78, 5) is 4.27. The van der Waals surface area contributed by atoms with E-state index in [1.807, 2.05) is 0 Å². The fraction of sp³-hybridized carbons (Fsp3) is 0.857. The third-order valence-corrected chi connectivity index (χ3v) is 1.61. The lowest BCUT2D eigenvalue weighted by Gasteiger charge is -2.01. The number of nitrogens with zero attached hydrogens (tertiary/aromatic N) is 1. The molecule has 1 atom stereocenters. The molecule has 0 fully saturated rings. The van der Waals surface area contributed by atoms with Gasteiger partial charge >= 0.3 is 0 Å². The molecule has 0 bridgehead atoms. The fourth-order valence-corrected chi connectivity index (χ4v) is 1.09. The Balaban J connectivity index is 2.32. The van der Waals surface area contributed by atoms with Crippen molar-refractivity contribution in [2.45, 2.75) is 18.9 Å². The van der Waals surface area contributed by atoms with Gasteiger partial charge in [-0.05, 0) is 6.42 Å². The molecule has 0 saturated heterocycles. The van der Waals surface area contributed by atoms with Crippen LogP contribution in [0.3, 0.4) is 0 Å². The number of hydrogen-bond acceptors (Lipinski definition) is 3. The smallest absolute Gasteiger partial charge is 0.183 e. The van der Waals surface area contributed by atoms with E-state index >= 15 is 0 Å².